The van der Waals surface area contributed by atoms with Gasteiger partial charge >= 0.3 is 11.9 Å². The van der Waals surface area contributed by atoms with Crippen molar-refractivity contribution in [2.75, 3.05) is 26.4 Å². The van der Waals surface area contributed by atoms with Crippen molar-refractivity contribution >= 4 is 17.8 Å². The molecule has 2 amide bonds. The van der Waals surface area contributed by atoms with Gasteiger partial charge in [0.25, 0.3) is 0 Å². The van der Waals surface area contributed by atoms with E-state index in [0.29, 0.717) is 0 Å². The van der Waals surface area contributed by atoms with Crippen molar-refractivity contribution in [1.29, 1.82) is 0 Å². The zero-order valence-corrected chi connectivity index (χ0v) is 8.45. The first-order valence-corrected chi connectivity index (χ1v) is 4.39. The molecule has 0 fully saturated rings. The molecule has 7 heteroatoms. The molecule has 0 radical (unpaired) electrons. The SMILES string of the molecule is CCOC(=O)C(=O)NCCOCC(N)=O. The molecule has 0 aromatic carbocycles. The number of carbonyl (C=O) groups excluding carboxylic acids is 3. The Balaban J connectivity index is 3.47. The summed E-state index contributed by atoms with van der Waals surface area (Å²) in [6.45, 7) is 1.75. The minimum atomic E-state index is -0.938. The van der Waals surface area contributed by atoms with Gasteiger partial charge in [-0.3, -0.25) is 9.59 Å². The Morgan fingerprint density at radius 2 is 2.00 bits per heavy atom. The van der Waals surface area contributed by atoms with Gasteiger partial charge in [0, 0.05) is 6.54 Å². The fourth-order valence-corrected chi connectivity index (χ4v) is 0.678. The smallest absolute Gasteiger partial charge is 0.396 e. The number of carbonyl (C=O) groups is 3. The first-order chi connectivity index (χ1) is 7.07. The summed E-state index contributed by atoms with van der Waals surface area (Å²) in [5, 5.41) is 2.25. The highest BCUT2D eigenvalue weighted by Crippen LogP contribution is 1.78. The summed E-state index contributed by atoms with van der Waals surface area (Å²) in [6.07, 6.45) is 0. The predicted octanol–water partition coefficient (Wildman–Crippen LogP) is -1.83. The number of rotatable bonds is 6. The van der Waals surface area contributed by atoms with Crippen molar-refractivity contribution in [3.05, 3.63) is 0 Å². The molecule has 0 aliphatic carbocycles. The van der Waals surface area contributed by atoms with Crippen molar-refractivity contribution in [3.8, 4) is 0 Å². The lowest BCUT2D eigenvalue weighted by molar-refractivity contribution is -0.154. The first kappa shape index (κ1) is 13.4. The number of ether oxygens (including phenoxy) is 2. The third kappa shape index (κ3) is 7.44. The molecule has 0 unspecified atom stereocenters. The van der Waals surface area contributed by atoms with E-state index in [9.17, 15) is 14.4 Å². The molecule has 0 atom stereocenters. The van der Waals surface area contributed by atoms with E-state index >= 15 is 0 Å². The minimum absolute atomic E-state index is 0.105. The van der Waals surface area contributed by atoms with Crippen molar-refractivity contribution in [2.45, 2.75) is 6.92 Å². The van der Waals surface area contributed by atoms with Gasteiger partial charge in [-0.15, -0.1) is 0 Å². The van der Waals surface area contributed by atoms with Gasteiger partial charge < -0.3 is 20.5 Å². The van der Waals surface area contributed by atoms with Crippen LogP contribution in [0.1, 0.15) is 6.92 Å². The van der Waals surface area contributed by atoms with Crippen molar-refractivity contribution in [1.82, 2.24) is 5.32 Å². The summed E-state index contributed by atoms with van der Waals surface area (Å²) in [7, 11) is 0. The zero-order chi connectivity index (χ0) is 11.7. The summed E-state index contributed by atoms with van der Waals surface area (Å²) < 4.78 is 9.18. The molecule has 3 N–H and O–H groups in total. The third-order valence-corrected chi connectivity index (χ3v) is 1.24. The molecule has 0 heterocycles. The maximum absolute atomic E-state index is 10.9. The van der Waals surface area contributed by atoms with E-state index in [1.54, 1.807) is 6.92 Å². The molecule has 0 aromatic rings. The Morgan fingerprint density at radius 1 is 1.33 bits per heavy atom. The van der Waals surface area contributed by atoms with Gasteiger partial charge in [0.1, 0.15) is 6.61 Å². The van der Waals surface area contributed by atoms with Crippen LogP contribution in [-0.4, -0.2) is 44.1 Å². The Hall–Kier alpha value is -1.63. The van der Waals surface area contributed by atoms with Gasteiger partial charge in [-0.05, 0) is 6.92 Å². The van der Waals surface area contributed by atoms with Gasteiger partial charge in [0.2, 0.25) is 5.91 Å². The third-order valence-electron chi connectivity index (χ3n) is 1.24. The van der Waals surface area contributed by atoms with Crippen LogP contribution in [0.2, 0.25) is 0 Å². The van der Waals surface area contributed by atoms with Crippen LogP contribution >= 0.6 is 0 Å². The number of esters is 1. The molecule has 15 heavy (non-hydrogen) atoms. The molecule has 0 aliphatic heterocycles. The lowest BCUT2D eigenvalue weighted by Crippen LogP contribution is -2.35. The quantitative estimate of drug-likeness (QED) is 0.309. The van der Waals surface area contributed by atoms with E-state index in [4.69, 9.17) is 10.5 Å². The van der Waals surface area contributed by atoms with E-state index < -0.39 is 17.8 Å². The van der Waals surface area contributed by atoms with Gasteiger partial charge in [0.15, 0.2) is 0 Å². The summed E-state index contributed by atoms with van der Waals surface area (Å²) in [5.74, 6) is -2.36. The molecule has 0 rings (SSSR count). The molecule has 7 nitrogen and oxygen atoms in total. The number of primary amides is 1. The number of nitrogens with two attached hydrogens (primary N) is 1. The number of hydrogen-bond donors (Lipinski definition) is 2. The molecule has 0 aromatic heterocycles. The van der Waals surface area contributed by atoms with Gasteiger partial charge in [-0.1, -0.05) is 0 Å². The Kier molecular flexibility index (Phi) is 6.90. The van der Waals surface area contributed by atoms with E-state index in [2.05, 4.69) is 10.1 Å². The minimum Gasteiger partial charge on any atom is -0.459 e. The van der Waals surface area contributed by atoms with E-state index in [-0.39, 0.29) is 26.4 Å². The fourth-order valence-electron chi connectivity index (χ4n) is 0.678. The van der Waals surface area contributed by atoms with Crippen molar-refractivity contribution in [2.24, 2.45) is 5.73 Å². The Morgan fingerprint density at radius 3 is 2.53 bits per heavy atom. The van der Waals surface area contributed by atoms with E-state index in [1.807, 2.05) is 0 Å². The van der Waals surface area contributed by atoms with Crippen LogP contribution in [0.5, 0.6) is 0 Å². The summed E-state index contributed by atoms with van der Waals surface area (Å²) in [6, 6.07) is 0. The highest BCUT2D eigenvalue weighted by Gasteiger charge is 2.12. The Labute approximate surface area is 86.9 Å². The van der Waals surface area contributed by atoms with Crippen LogP contribution in [0.3, 0.4) is 0 Å². The van der Waals surface area contributed by atoms with Crippen molar-refractivity contribution < 1.29 is 23.9 Å². The number of nitrogens with one attached hydrogen (secondary N) is 1. The standard InChI is InChI=1S/C8H14N2O5/c1-2-15-8(13)7(12)10-3-4-14-5-6(9)11/h2-5H2,1H3,(H2,9,11)(H,10,12). The summed E-state index contributed by atoms with van der Waals surface area (Å²) in [5.41, 5.74) is 4.80. The van der Waals surface area contributed by atoms with Gasteiger partial charge in [-0.2, -0.15) is 0 Å². The molecule has 0 aliphatic rings. The maximum atomic E-state index is 10.9. The van der Waals surface area contributed by atoms with Crippen LogP contribution in [0.4, 0.5) is 0 Å². The average Bonchev–Trinajstić information content (AvgIpc) is 2.16. The predicted molar refractivity (Wildman–Crippen MR) is 49.7 cm³/mol. The second-order valence-corrected chi connectivity index (χ2v) is 2.50. The molecule has 86 valence electrons. The first-order valence-electron chi connectivity index (χ1n) is 4.39. The normalized spacial score (nSPS) is 9.40. The second-order valence-electron chi connectivity index (χ2n) is 2.50. The maximum Gasteiger partial charge on any atom is 0.396 e. The van der Waals surface area contributed by atoms with E-state index in [0.717, 1.165) is 0 Å². The fraction of sp³-hybridized carbons (Fsp3) is 0.625. The number of amides is 2. The van der Waals surface area contributed by atoms with Crippen LogP contribution in [-0.2, 0) is 23.9 Å². The molecule has 0 bridgehead atoms. The monoisotopic (exact) mass is 218 g/mol. The Bertz CT molecular complexity index is 241. The van der Waals surface area contributed by atoms with Crippen LogP contribution in [0.25, 0.3) is 0 Å². The molecule has 0 spiro atoms. The summed E-state index contributed by atoms with van der Waals surface area (Å²) >= 11 is 0. The lowest BCUT2D eigenvalue weighted by Gasteiger charge is -2.04. The topological polar surface area (TPSA) is 108 Å². The molecular weight excluding hydrogens is 204 g/mol. The number of hydrogen-bond acceptors (Lipinski definition) is 5. The summed E-state index contributed by atoms with van der Waals surface area (Å²) in [4.78, 5) is 31.9. The molecular formula is C8H14N2O5. The van der Waals surface area contributed by atoms with Crippen LogP contribution in [0, 0.1) is 0 Å². The van der Waals surface area contributed by atoms with Crippen LogP contribution < -0.4 is 11.1 Å². The molecule has 0 saturated heterocycles. The van der Waals surface area contributed by atoms with Crippen molar-refractivity contribution in [3.63, 3.8) is 0 Å². The van der Waals surface area contributed by atoms with Gasteiger partial charge in [-0.25, -0.2) is 4.79 Å². The highest BCUT2D eigenvalue weighted by atomic mass is 16.5. The van der Waals surface area contributed by atoms with Gasteiger partial charge in [0.05, 0.1) is 13.2 Å². The molecule has 0 saturated carbocycles. The van der Waals surface area contributed by atoms with Crippen LogP contribution in [0.15, 0.2) is 0 Å². The zero-order valence-electron chi connectivity index (χ0n) is 8.45. The largest absolute Gasteiger partial charge is 0.459 e. The van der Waals surface area contributed by atoms with E-state index in [1.165, 1.54) is 0 Å². The average molecular weight is 218 g/mol. The highest BCUT2D eigenvalue weighted by molar-refractivity contribution is 6.32. The second kappa shape index (κ2) is 7.74. The lowest BCUT2D eigenvalue weighted by atomic mass is 10.5.